The van der Waals surface area contributed by atoms with Crippen LogP contribution in [0, 0.1) is 5.92 Å². The summed E-state index contributed by atoms with van der Waals surface area (Å²) in [6.45, 7) is 6.51. The number of carbonyl (C=O) groups excluding carboxylic acids is 1. The van der Waals surface area contributed by atoms with Gasteiger partial charge in [0.15, 0.2) is 0 Å². The fraction of sp³-hybridized carbons (Fsp3) is 0.500. The number of ether oxygens (including phenoxy) is 1. The van der Waals surface area contributed by atoms with Gasteiger partial charge in [0.1, 0.15) is 5.75 Å². The van der Waals surface area contributed by atoms with Crippen LogP contribution in [0.15, 0.2) is 24.3 Å². The standard InChI is InChI=1S/C14H22N2O2/c1-4-9-18-12-8-6-5-7-11(12)16-14(17)13(15)10(2)3/h5-8,10,13H,4,9,15H2,1-3H3,(H,16,17)/t13-/m0/s1. The average molecular weight is 250 g/mol. The Morgan fingerprint density at radius 2 is 2.06 bits per heavy atom. The molecule has 100 valence electrons. The van der Waals surface area contributed by atoms with Crippen LogP contribution in [-0.2, 0) is 4.79 Å². The number of rotatable bonds is 6. The van der Waals surface area contributed by atoms with E-state index in [9.17, 15) is 4.79 Å². The summed E-state index contributed by atoms with van der Waals surface area (Å²) >= 11 is 0. The van der Waals surface area contributed by atoms with E-state index >= 15 is 0 Å². The Bertz CT molecular complexity index is 391. The molecule has 0 aliphatic carbocycles. The number of benzene rings is 1. The molecule has 1 rings (SSSR count). The Hall–Kier alpha value is -1.55. The van der Waals surface area contributed by atoms with Gasteiger partial charge in [0.05, 0.1) is 18.3 Å². The molecule has 4 heteroatoms. The highest BCUT2D eigenvalue weighted by molar-refractivity contribution is 5.96. The second kappa shape index (κ2) is 7.01. The quantitative estimate of drug-likeness (QED) is 0.814. The Labute approximate surface area is 109 Å². The maximum absolute atomic E-state index is 11.9. The van der Waals surface area contributed by atoms with Crippen molar-refractivity contribution in [3.05, 3.63) is 24.3 Å². The normalized spacial score (nSPS) is 12.3. The maximum atomic E-state index is 11.9. The summed E-state index contributed by atoms with van der Waals surface area (Å²) in [5.41, 5.74) is 6.48. The lowest BCUT2D eigenvalue weighted by molar-refractivity contribution is -0.118. The zero-order valence-corrected chi connectivity index (χ0v) is 11.3. The second-order valence-electron chi connectivity index (χ2n) is 4.60. The van der Waals surface area contributed by atoms with Crippen molar-refractivity contribution in [2.75, 3.05) is 11.9 Å². The van der Waals surface area contributed by atoms with Gasteiger partial charge in [-0.15, -0.1) is 0 Å². The molecule has 0 fully saturated rings. The first-order valence-corrected chi connectivity index (χ1v) is 6.34. The fourth-order valence-corrected chi connectivity index (χ4v) is 1.43. The zero-order chi connectivity index (χ0) is 13.5. The fourth-order valence-electron chi connectivity index (χ4n) is 1.43. The molecule has 0 unspecified atom stereocenters. The summed E-state index contributed by atoms with van der Waals surface area (Å²) in [5, 5.41) is 2.81. The van der Waals surface area contributed by atoms with Crippen molar-refractivity contribution in [3.63, 3.8) is 0 Å². The predicted octanol–water partition coefficient (Wildman–Crippen LogP) is 2.40. The second-order valence-corrected chi connectivity index (χ2v) is 4.60. The highest BCUT2D eigenvalue weighted by atomic mass is 16.5. The van der Waals surface area contributed by atoms with Gasteiger partial charge < -0.3 is 15.8 Å². The summed E-state index contributed by atoms with van der Waals surface area (Å²) in [6, 6.07) is 6.88. The van der Waals surface area contributed by atoms with Gasteiger partial charge in [-0.2, -0.15) is 0 Å². The van der Waals surface area contributed by atoms with Crippen LogP contribution >= 0.6 is 0 Å². The van der Waals surface area contributed by atoms with E-state index in [1.807, 2.05) is 45.0 Å². The molecule has 0 bridgehead atoms. The van der Waals surface area contributed by atoms with E-state index in [-0.39, 0.29) is 11.8 Å². The zero-order valence-electron chi connectivity index (χ0n) is 11.3. The Morgan fingerprint density at radius 3 is 2.67 bits per heavy atom. The van der Waals surface area contributed by atoms with Crippen molar-refractivity contribution < 1.29 is 9.53 Å². The van der Waals surface area contributed by atoms with Gasteiger partial charge >= 0.3 is 0 Å². The molecule has 0 aliphatic heterocycles. The molecule has 0 aromatic heterocycles. The van der Waals surface area contributed by atoms with E-state index in [0.29, 0.717) is 18.0 Å². The topological polar surface area (TPSA) is 64.3 Å². The first kappa shape index (κ1) is 14.5. The number of nitrogens with one attached hydrogen (secondary N) is 1. The van der Waals surface area contributed by atoms with Crippen LogP contribution in [0.4, 0.5) is 5.69 Å². The summed E-state index contributed by atoms with van der Waals surface area (Å²) in [6.07, 6.45) is 0.924. The van der Waals surface area contributed by atoms with Crippen LogP contribution in [-0.4, -0.2) is 18.6 Å². The molecule has 0 heterocycles. The summed E-state index contributed by atoms with van der Waals surface area (Å²) in [7, 11) is 0. The largest absolute Gasteiger partial charge is 0.491 e. The molecule has 0 aliphatic rings. The van der Waals surface area contributed by atoms with Crippen LogP contribution in [0.3, 0.4) is 0 Å². The molecule has 1 aromatic rings. The lowest BCUT2D eigenvalue weighted by Crippen LogP contribution is -2.39. The van der Waals surface area contributed by atoms with Crippen molar-refractivity contribution in [2.24, 2.45) is 11.7 Å². The van der Waals surface area contributed by atoms with E-state index in [2.05, 4.69) is 5.32 Å². The number of anilines is 1. The first-order chi connectivity index (χ1) is 8.56. The third-order valence-electron chi connectivity index (χ3n) is 2.63. The van der Waals surface area contributed by atoms with Crippen LogP contribution in [0.2, 0.25) is 0 Å². The molecule has 0 radical (unpaired) electrons. The molecule has 3 N–H and O–H groups in total. The molecular formula is C14H22N2O2. The number of hydrogen-bond donors (Lipinski definition) is 2. The van der Waals surface area contributed by atoms with Gasteiger partial charge in [0, 0.05) is 0 Å². The van der Waals surface area contributed by atoms with Gasteiger partial charge in [-0.25, -0.2) is 0 Å². The van der Waals surface area contributed by atoms with E-state index in [1.54, 1.807) is 0 Å². The molecule has 18 heavy (non-hydrogen) atoms. The van der Waals surface area contributed by atoms with Crippen LogP contribution in [0.5, 0.6) is 5.75 Å². The molecule has 4 nitrogen and oxygen atoms in total. The SMILES string of the molecule is CCCOc1ccccc1NC(=O)[C@@H](N)C(C)C. The molecule has 0 saturated heterocycles. The molecule has 1 atom stereocenters. The van der Waals surface area contributed by atoms with E-state index < -0.39 is 6.04 Å². The lowest BCUT2D eigenvalue weighted by Gasteiger charge is -2.17. The third-order valence-corrected chi connectivity index (χ3v) is 2.63. The highest BCUT2D eigenvalue weighted by Crippen LogP contribution is 2.24. The Kier molecular flexibility index (Phi) is 5.65. The van der Waals surface area contributed by atoms with Gasteiger partial charge in [0.2, 0.25) is 5.91 Å². The van der Waals surface area contributed by atoms with Crippen LogP contribution in [0.1, 0.15) is 27.2 Å². The summed E-state index contributed by atoms with van der Waals surface area (Å²) in [4.78, 5) is 11.9. The number of amides is 1. The van der Waals surface area contributed by atoms with E-state index in [1.165, 1.54) is 0 Å². The van der Waals surface area contributed by atoms with Crippen molar-refractivity contribution in [1.29, 1.82) is 0 Å². The van der Waals surface area contributed by atoms with Crippen molar-refractivity contribution in [1.82, 2.24) is 0 Å². The lowest BCUT2D eigenvalue weighted by atomic mass is 10.0. The number of para-hydroxylation sites is 2. The maximum Gasteiger partial charge on any atom is 0.241 e. The molecule has 0 spiro atoms. The smallest absolute Gasteiger partial charge is 0.241 e. The Morgan fingerprint density at radius 1 is 1.39 bits per heavy atom. The molecular weight excluding hydrogens is 228 g/mol. The average Bonchev–Trinajstić information content (AvgIpc) is 2.36. The number of hydrogen-bond acceptors (Lipinski definition) is 3. The molecule has 0 saturated carbocycles. The number of carbonyl (C=O) groups is 1. The minimum absolute atomic E-state index is 0.105. The van der Waals surface area contributed by atoms with Gasteiger partial charge in [-0.3, -0.25) is 4.79 Å². The first-order valence-electron chi connectivity index (χ1n) is 6.34. The van der Waals surface area contributed by atoms with Crippen LogP contribution in [0.25, 0.3) is 0 Å². The Balaban J connectivity index is 2.74. The monoisotopic (exact) mass is 250 g/mol. The van der Waals surface area contributed by atoms with Crippen LogP contribution < -0.4 is 15.8 Å². The van der Waals surface area contributed by atoms with Gasteiger partial charge in [-0.1, -0.05) is 32.9 Å². The summed E-state index contributed by atoms with van der Waals surface area (Å²) in [5.74, 6) is 0.606. The third kappa shape index (κ3) is 4.04. The van der Waals surface area contributed by atoms with Crippen molar-refractivity contribution >= 4 is 11.6 Å². The molecule has 1 aromatic carbocycles. The van der Waals surface area contributed by atoms with Crippen molar-refractivity contribution in [2.45, 2.75) is 33.2 Å². The molecule has 1 amide bonds. The number of nitrogens with two attached hydrogens (primary N) is 1. The van der Waals surface area contributed by atoms with Crippen molar-refractivity contribution in [3.8, 4) is 5.75 Å². The summed E-state index contributed by atoms with van der Waals surface area (Å²) < 4.78 is 5.57. The minimum atomic E-state index is -0.510. The van der Waals surface area contributed by atoms with E-state index in [4.69, 9.17) is 10.5 Å². The minimum Gasteiger partial charge on any atom is -0.491 e. The predicted molar refractivity (Wildman–Crippen MR) is 73.7 cm³/mol. The highest BCUT2D eigenvalue weighted by Gasteiger charge is 2.18. The van der Waals surface area contributed by atoms with Gasteiger partial charge in [-0.05, 0) is 24.5 Å². The van der Waals surface area contributed by atoms with E-state index in [0.717, 1.165) is 6.42 Å². The van der Waals surface area contributed by atoms with Gasteiger partial charge in [0.25, 0.3) is 0 Å².